The van der Waals surface area contributed by atoms with E-state index in [2.05, 4.69) is 46.0 Å². The Morgan fingerprint density at radius 3 is 2.69 bits per heavy atom. The molecule has 2 aliphatic rings. The molecule has 0 aliphatic carbocycles. The van der Waals surface area contributed by atoms with Gasteiger partial charge >= 0.3 is 0 Å². The van der Waals surface area contributed by atoms with Crippen molar-refractivity contribution in [3.05, 3.63) is 83.1 Å². The van der Waals surface area contributed by atoms with Crippen molar-refractivity contribution < 1.29 is 14.3 Å². The third kappa shape index (κ3) is 5.77. The van der Waals surface area contributed by atoms with Crippen molar-refractivity contribution in [2.45, 2.75) is 57.7 Å². The number of aliphatic hydroxyl groups is 1. The lowest BCUT2D eigenvalue weighted by Crippen LogP contribution is -2.42. The number of hydrogen-bond donors (Lipinski definition) is 1. The van der Waals surface area contributed by atoms with Crippen LogP contribution in [0.2, 0.25) is 0 Å². The quantitative estimate of drug-likeness (QED) is 0.527. The highest BCUT2D eigenvalue weighted by molar-refractivity contribution is 5.38. The molecular weight excluding hydrogens is 438 g/mol. The van der Waals surface area contributed by atoms with Crippen molar-refractivity contribution in [2.75, 3.05) is 32.8 Å². The van der Waals surface area contributed by atoms with E-state index in [0.29, 0.717) is 5.92 Å². The van der Waals surface area contributed by atoms with Gasteiger partial charge in [0.2, 0.25) is 0 Å². The summed E-state index contributed by atoms with van der Waals surface area (Å²) in [7, 11) is 0. The summed E-state index contributed by atoms with van der Waals surface area (Å²) < 4.78 is 11.9. The predicted octanol–water partition coefficient (Wildman–Crippen LogP) is 4.85. The average Bonchev–Trinajstić information content (AvgIpc) is 3.21. The minimum atomic E-state index is -0.766. The molecule has 4 heterocycles. The second kappa shape index (κ2) is 10.5. The summed E-state index contributed by atoms with van der Waals surface area (Å²) in [6.07, 6.45) is 6.08. The first-order valence-electron chi connectivity index (χ1n) is 12.9. The largest absolute Gasteiger partial charge is 0.492 e. The maximum absolute atomic E-state index is 11.1. The average molecular weight is 476 g/mol. The molecule has 0 amide bonds. The van der Waals surface area contributed by atoms with Crippen LogP contribution in [0.3, 0.4) is 0 Å². The number of piperidine rings is 1. The van der Waals surface area contributed by atoms with Gasteiger partial charge in [-0.15, -0.1) is 0 Å². The van der Waals surface area contributed by atoms with Crippen LogP contribution in [0.1, 0.15) is 60.3 Å². The van der Waals surface area contributed by atoms with Gasteiger partial charge in [-0.05, 0) is 68.6 Å². The number of hydrogen-bond acceptors (Lipinski definition) is 6. The fourth-order valence-corrected chi connectivity index (χ4v) is 5.29. The van der Waals surface area contributed by atoms with E-state index < -0.39 is 5.60 Å². The zero-order chi connectivity index (χ0) is 24.3. The number of nitrogens with zero attached hydrogens (tertiary/aromatic N) is 3. The zero-order valence-corrected chi connectivity index (χ0v) is 20.9. The van der Waals surface area contributed by atoms with Crippen LogP contribution in [0.5, 0.6) is 5.75 Å². The maximum Gasteiger partial charge on any atom is 0.123 e. The highest BCUT2D eigenvalue weighted by Gasteiger charge is 2.34. The van der Waals surface area contributed by atoms with Gasteiger partial charge in [0.15, 0.2) is 0 Å². The Morgan fingerprint density at radius 2 is 1.94 bits per heavy atom. The topological polar surface area (TPSA) is 62.0 Å². The van der Waals surface area contributed by atoms with E-state index >= 15 is 0 Å². The Hall–Kier alpha value is -2.67. The molecule has 6 nitrogen and oxygen atoms in total. The molecule has 0 unspecified atom stereocenters. The Labute approximate surface area is 208 Å². The van der Waals surface area contributed by atoms with Gasteiger partial charge in [-0.1, -0.05) is 19.1 Å². The Balaban J connectivity index is 1.17. The van der Waals surface area contributed by atoms with Crippen LogP contribution in [0.15, 0.2) is 59.3 Å². The normalized spacial score (nSPS) is 19.5. The molecular formula is C29H37N3O3. The number of likely N-dealkylation sites (tertiary alicyclic amines) is 1. The summed E-state index contributed by atoms with van der Waals surface area (Å²) in [4.78, 5) is 9.13. The SMILES string of the molecule is Cc1ccc([C@@H](C)CCN2CCOc3ccc(CN4CCC(O)(c5cccnc5)CC4)cc3C2)o1. The molecule has 0 saturated carbocycles. The van der Waals surface area contributed by atoms with E-state index in [1.807, 2.05) is 25.1 Å². The molecule has 2 aliphatic heterocycles. The van der Waals surface area contributed by atoms with Gasteiger partial charge in [-0.3, -0.25) is 14.8 Å². The maximum atomic E-state index is 11.1. The number of fused-ring (bicyclic) bond motifs is 1. The van der Waals surface area contributed by atoms with Crippen molar-refractivity contribution in [3.8, 4) is 5.75 Å². The van der Waals surface area contributed by atoms with E-state index in [-0.39, 0.29) is 0 Å². The smallest absolute Gasteiger partial charge is 0.123 e. The number of benzene rings is 1. The van der Waals surface area contributed by atoms with Crippen LogP contribution in [0.25, 0.3) is 0 Å². The monoisotopic (exact) mass is 475 g/mol. The van der Waals surface area contributed by atoms with Crippen LogP contribution in [-0.4, -0.2) is 52.7 Å². The molecule has 2 aromatic heterocycles. The second-order valence-corrected chi connectivity index (χ2v) is 10.3. The first-order valence-corrected chi connectivity index (χ1v) is 12.9. The van der Waals surface area contributed by atoms with Crippen molar-refractivity contribution >= 4 is 0 Å². The molecule has 1 N–H and O–H groups in total. The van der Waals surface area contributed by atoms with Gasteiger partial charge in [0.1, 0.15) is 23.9 Å². The van der Waals surface area contributed by atoms with Gasteiger partial charge in [0.05, 0.1) is 5.60 Å². The molecule has 1 fully saturated rings. The number of pyridine rings is 1. The molecule has 0 spiro atoms. The standard InChI is InChI=1S/C29H37N3O3/c1-22(27-7-5-23(2)35-27)9-13-31-16-17-34-28-8-6-24(18-25(28)21-31)20-32-14-10-29(33,11-15-32)26-4-3-12-30-19-26/h3-8,12,18-19,22,33H,9-11,13-17,20-21H2,1-2H3/t22-/m0/s1. The van der Waals surface area contributed by atoms with E-state index in [1.165, 1.54) is 11.1 Å². The van der Waals surface area contributed by atoms with Crippen molar-refractivity contribution in [1.29, 1.82) is 0 Å². The molecule has 35 heavy (non-hydrogen) atoms. The minimum Gasteiger partial charge on any atom is -0.492 e. The lowest BCUT2D eigenvalue weighted by atomic mass is 9.85. The second-order valence-electron chi connectivity index (χ2n) is 10.3. The fraction of sp³-hybridized carbons (Fsp3) is 0.483. The third-order valence-corrected chi connectivity index (χ3v) is 7.60. The Morgan fingerprint density at radius 1 is 1.09 bits per heavy atom. The van der Waals surface area contributed by atoms with Gasteiger partial charge in [0, 0.05) is 62.2 Å². The lowest BCUT2D eigenvalue weighted by molar-refractivity contribution is -0.0279. The molecule has 0 bridgehead atoms. The summed E-state index contributed by atoms with van der Waals surface area (Å²) in [5.41, 5.74) is 2.74. The molecule has 1 aromatic carbocycles. The van der Waals surface area contributed by atoms with Gasteiger partial charge < -0.3 is 14.3 Å². The summed E-state index contributed by atoms with van der Waals surface area (Å²) in [5, 5.41) is 11.1. The summed E-state index contributed by atoms with van der Waals surface area (Å²) in [6, 6.07) is 14.7. The van der Waals surface area contributed by atoms with Gasteiger partial charge in [-0.2, -0.15) is 0 Å². The van der Waals surface area contributed by atoms with E-state index in [4.69, 9.17) is 9.15 Å². The van der Waals surface area contributed by atoms with Gasteiger partial charge in [0.25, 0.3) is 0 Å². The number of aryl methyl sites for hydroxylation is 1. The molecule has 0 radical (unpaired) electrons. The summed E-state index contributed by atoms with van der Waals surface area (Å²) in [6.45, 7) is 10.5. The van der Waals surface area contributed by atoms with Crippen LogP contribution in [-0.2, 0) is 18.7 Å². The number of aromatic nitrogens is 1. The number of furan rings is 1. The zero-order valence-electron chi connectivity index (χ0n) is 20.9. The molecule has 3 aromatic rings. The van der Waals surface area contributed by atoms with Crippen molar-refractivity contribution in [1.82, 2.24) is 14.8 Å². The van der Waals surface area contributed by atoms with Crippen LogP contribution < -0.4 is 4.74 Å². The third-order valence-electron chi connectivity index (χ3n) is 7.60. The number of rotatable bonds is 7. The first kappa shape index (κ1) is 24.0. The first-order chi connectivity index (χ1) is 17.0. The van der Waals surface area contributed by atoms with E-state index in [1.54, 1.807) is 12.4 Å². The van der Waals surface area contributed by atoms with Crippen molar-refractivity contribution in [2.24, 2.45) is 0 Å². The Bertz CT molecular complexity index is 1110. The highest BCUT2D eigenvalue weighted by Crippen LogP contribution is 2.33. The minimum absolute atomic E-state index is 0.406. The molecule has 1 saturated heterocycles. The van der Waals surface area contributed by atoms with Gasteiger partial charge in [-0.25, -0.2) is 0 Å². The van der Waals surface area contributed by atoms with Crippen LogP contribution >= 0.6 is 0 Å². The highest BCUT2D eigenvalue weighted by atomic mass is 16.5. The number of ether oxygens (including phenoxy) is 1. The Kier molecular flexibility index (Phi) is 7.23. The van der Waals surface area contributed by atoms with E-state index in [9.17, 15) is 5.11 Å². The molecule has 5 rings (SSSR count). The van der Waals surface area contributed by atoms with Crippen molar-refractivity contribution in [3.63, 3.8) is 0 Å². The van der Waals surface area contributed by atoms with E-state index in [0.717, 1.165) is 88.0 Å². The summed E-state index contributed by atoms with van der Waals surface area (Å²) >= 11 is 0. The molecule has 1 atom stereocenters. The van der Waals surface area contributed by atoms with Crippen LogP contribution in [0.4, 0.5) is 0 Å². The lowest BCUT2D eigenvalue weighted by Gasteiger charge is -2.38. The summed E-state index contributed by atoms with van der Waals surface area (Å²) in [5.74, 6) is 3.47. The predicted molar refractivity (Wildman–Crippen MR) is 136 cm³/mol. The fourth-order valence-electron chi connectivity index (χ4n) is 5.29. The molecule has 6 heteroatoms. The molecule has 186 valence electrons. The van der Waals surface area contributed by atoms with Crippen LogP contribution in [0, 0.1) is 6.92 Å².